The van der Waals surface area contributed by atoms with E-state index in [4.69, 9.17) is 9.47 Å². The van der Waals surface area contributed by atoms with Crippen LogP contribution in [0.15, 0.2) is 60.8 Å². The largest absolute Gasteiger partial charge is 0.462 e. The summed E-state index contributed by atoms with van der Waals surface area (Å²) in [6.45, 7) is 4.05. The van der Waals surface area contributed by atoms with E-state index in [1.54, 1.807) is 0 Å². The van der Waals surface area contributed by atoms with Crippen molar-refractivity contribution in [1.82, 2.24) is 0 Å². The molecule has 0 aromatic rings. The molecule has 0 radical (unpaired) electrons. The van der Waals surface area contributed by atoms with Gasteiger partial charge in [0.2, 0.25) is 0 Å². The number of unbranched alkanes of at least 4 members (excludes halogenated alkanes) is 33. The number of carbonyl (C=O) groups is 2. The first-order chi connectivity index (χ1) is 31.6. The van der Waals surface area contributed by atoms with E-state index in [0.29, 0.717) is 12.8 Å². The molecule has 0 fully saturated rings. The maximum absolute atomic E-state index is 12.3. The highest BCUT2D eigenvalue weighted by Gasteiger charge is 2.16. The summed E-state index contributed by atoms with van der Waals surface area (Å²) in [4.78, 5) is 24.5. The Kier molecular flexibility index (Phi) is 52.9. The number of carbonyl (C=O) groups excluding carboxylic acids is 2. The summed E-state index contributed by atoms with van der Waals surface area (Å²) in [7, 11) is 0. The Bertz CT molecular complexity index is 1100. The molecule has 0 spiro atoms. The van der Waals surface area contributed by atoms with E-state index in [1.165, 1.54) is 193 Å². The second kappa shape index (κ2) is 54.9. The molecule has 0 aliphatic heterocycles. The first kappa shape index (κ1) is 61.6. The summed E-state index contributed by atoms with van der Waals surface area (Å²) in [6, 6.07) is 0. The lowest BCUT2D eigenvalue weighted by atomic mass is 10.0. The standard InChI is InChI=1S/C59H106O5/c1-3-5-7-9-11-13-15-17-19-21-22-23-24-25-26-27-28-29-30-31-32-33-34-35-36-38-40-42-44-46-48-50-52-54-59(62)64-57(55-60)56-63-58(61)53-51-49-47-45-43-41-39-37-20-18-16-14-12-10-8-6-4-2/h5,7,11,13,17-20,22-23,57,60H,3-4,6,8-10,12,14-16,21,24-56H2,1-2H3/b7-5-,13-11-,19-17-,20-18-,23-22-. The van der Waals surface area contributed by atoms with Gasteiger partial charge in [0.05, 0.1) is 6.61 Å². The van der Waals surface area contributed by atoms with Crippen LogP contribution < -0.4 is 0 Å². The third-order valence-corrected chi connectivity index (χ3v) is 12.3. The van der Waals surface area contributed by atoms with Crippen molar-refractivity contribution < 1.29 is 24.2 Å². The number of esters is 2. The Hall–Kier alpha value is -2.40. The molecule has 1 unspecified atom stereocenters. The first-order valence-electron chi connectivity index (χ1n) is 27.8. The average Bonchev–Trinajstić information content (AvgIpc) is 3.30. The average molecular weight is 895 g/mol. The summed E-state index contributed by atoms with van der Waals surface area (Å²) < 4.78 is 10.7. The highest BCUT2D eigenvalue weighted by atomic mass is 16.6. The van der Waals surface area contributed by atoms with Crippen molar-refractivity contribution in [1.29, 1.82) is 0 Å². The lowest BCUT2D eigenvalue weighted by Crippen LogP contribution is -2.28. The molecule has 0 saturated carbocycles. The molecule has 0 aromatic carbocycles. The minimum absolute atomic E-state index is 0.0654. The molecule has 0 bridgehead atoms. The molecular weight excluding hydrogens is 789 g/mol. The van der Waals surface area contributed by atoms with Crippen LogP contribution in [-0.2, 0) is 19.1 Å². The zero-order valence-electron chi connectivity index (χ0n) is 42.5. The number of ether oxygens (including phenoxy) is 2. The lowest BCUT2D eigenvalue weighted by molar-refractivity contribution is -0.161. The maximum atomic E-state index is 12.3. The number of aliphatic hydroxyl groups excluding tert-OH is 1. The van der Waals surface area contributed by atoms with Crippen molar-refractivity contribution in [2.24, 2.45) is 0 Å². The third-order valence-electron chi connectivity index (χ3n) is 12.3. The van der Waals surface area contributed by atoms with Crippen molar-refractivity contribution in [2.75, 3.05) is 13.2 Å². The number of hydrogen-bond acceptors (Lipinski definition) is 5. The Morgan fingerprint density at radius 2 is 0.672 bits per heavy atom. The fourth-order valence-corrected chi connectivity index (χ4v) is 8.13. The van der Waals surface area contributed by atoms with E-state index < -0.39 is 6.10 Å². The molecule has 0 aromatic heterocycles. The lowest BCUT2D eigenvalue weighted by Gasteiger charge is -2.15. The zero-order chi connectivity index (χ0) is 46.3. The molecule has 1 atom stereocenters. The second-order valence-electron chi connectivity index (χ2n) is 18.6. The van der Waals surface area contributed by atoms with E-state index in [9.17, 15) is 14.7 Å². The van der Waals surface area contributed by atoms with Gasteiger partial charge in [-0.2, -0.15) is 0 Å². The molecule has 1 N–H and O–H groups in total. The normalized spacial score (nSPS) is 12.6. The van der Waals surface area contributed by atoms with Gasteiger partial charge >= 0.3 is 11.9 Å². The summed E-state index contributed by atoms with van der Waals surface area (Å²) >= 11 is 0. The van der Waals surface area contributed by atoms with Crippen LogP contribution in [0.3, 0.4) is 0 Å². The zero-order valence-corrected chi connectivity index (χ0v) is 42.5. The molecule has 0 rings (SSSR count). The van der Waals surface area contributed by atoms with Gasteiger partial charge in [-0.05, 0) is 77.0 Å². The van der Waals surface area contributed by atoms with Crippen molar-refractivity contribution in [2.45, 2.75) is 290 Å². The topological polar surface area (TPSA) is 72.8 Å². The van der Waals surface area contributed by atoms with Gasteiger partial charge in [-0.1, -0.05) is 254 Å². The van der Waals surface area contributed by atoms with E-state index in [0.717, 1.165) is 64.2 Å². The van der Waals surface area contributed by atoms with E-state index in [1.807, 2.05) is 0 Å². The second-order valence-corrected chi connectivity index (χ2v) is 18.6. The van der Waals surface area contributed by atoms with Crippen LogP contribution >= 0.6 is 0 Å². The van der Waals surface area contributed by atoms with Crippen LogP contribution in [0.4, 0.5) is 0 Å². The monoisotopic (exact) mass is 895 g/mol. The maximum Gasteiger partial charge on any atom is 0.306 e. The number of allylic oxidation sites excluding steroid dienone is 10. The molecule has 0 aliphatic carbocycles. The predicted molar refractivity (Wildman–Crippen MR) is 279 cm³/mol. The van der Waals surface area contributed by atoms with Gasteiger partial charge in [-0.3, -0.25) is 9.59 Å². The predicted octanol–water partition coefficient (Wildman–Crippen LogP) is 18.6. The SMILES string of the molecule is CC/C=C\C/C=C\C/C=C\C/C=C\CCCCCCCCCCCCCCCCCCCCCCC(=O)OC(CO)COC(=O)CCCCCCCCC/C=C\CCCCCCCC. The highest BCUT2D eigenvalue weighted by Crippen LogP contribution is 2.17. The highest BCUT2D eigenvalue weighted by molar-refractivity contribution is 5.70. The number of hydrogen-bond donors (Lipinski definition) is 1. The van der Waals surface area contributed by atoms with Gasteiger partial charge < -0.3 is 14.6 Å². The van der Waals surface area contributed by atoms with Crippen LogP contribution in [0, 0.1) is 0 Å². The molecule has 5 nitrogen and oxygen atoms in total. The Morgan fingerprint density at radius 1 is 0.375 bits per heavy atom. The molecular formula is C59H106O5. The van der Waals surface area contributed by atoms with Gasteiger partial charge in [-0.15, -0.1) is 0 Å². The number of aliphatic hydroxyl groups is 1. The van der Waals surface area contributed by atoms with Gasteiger partial charge in [0, 0.05) is 12.8 Å². The van der Waals surface area contributed by atoms with Gasteiger partial charge in [0.1, 0.15) is 6.61 Å². The van der Waals surface area contributed by atoms with E-state index in [-0.39, 0.29) is 25.2 Å². The molecule has 5 heteroatoms. The Labute approximate surface area is 398 Å². The minimum atomic E-state index is -0.773. The summed E-state index contributed by atoms with van der Waals surface area (Å²) in [6.07, 6.45) is 73.4. The van der Waals surface area contributed by atoms with Crippen molar-refractivity contribution in [3.63, 3.8) is 0 Å². The van der Waals surface area contributed by atoms with Crippen LogP contribution in [0.1, 0.15) is 284 Å². The summed E-state index contributed by atoms with van der Waals surface area (Å²) in [5, 5.41) is 9.64. The van der Waals surface area contributed by atoms with Crippen molar-refractivity contribution in [3.05, 3.63) is 60.8 Å². The van der Waals surface area contributed by atoms with E-state index in [2.05, 4.69) is 74.6 Å². The first-order valence-corrected chi connectivity index (χ1v) is 27.8. The smallest absolute Gasteiger partial charge is 0.306 e. The molecule has 64 heavy (non-hydrogen) atoms. The molecule has 0 heterocycles. The number of rotatable bonds is 51. The van der Waals surface area contributed by atoms with E-state index >= 15 is 0 Å². The van der Waals surface area contributed by atoms with Crippen molar-refractivity contribution >= 4 is 11.9 Å². The molecule has 0 saturated heterocycles. The molecule has 372 valence electrons. The van der Waals surface area contributed by atoms with Crippen molar-refractivity contribution in [3.8, 4) is 0 Å². The molecule has 0 amide bonds. The fraction of sp³-hybridized carbons (Fsp3) is 0.797. The molecule has 0 aliphatic rings. The van der Waals surface area contributed by atoms with Crippen LogP contribution in [0.25, 0.3) is 0 Å². The summed E-state index contributed by atoms with van der Waals surface area (Å²) in [5.41, 5.74) is 0. The fourth-order valence-electron chi connectivity index (χ4n) is 8.13. The van der Waals surface area contributed by atoms with Gasteiger partial charge in [0.25, 0.3) is 0 Å². The third kappa shape index (κ3) is 52.2. The summed E-state index contributed by atoms with van der Waals surface area (Å²) in [5.74, 6) is -0.584. The van der Waals surface area contributed by atoms with Crippen LogP contribution in [-0.4, -0.2) is 36.4 Å². The Balaban J connectivity index is 3.43. The Morgan fingerprint density at radius 3 is 1.03 bits per heavy atom. The quantitative estimate of drug-likeness (QED) is 0.0374. The van der Waals surface area contributed by atoms with Gasteiger partial charge in [0.15, 0.2) is 6.10 Å². The van der Waals surface area contributed by atoms with Crippen LogP contribution in [0.5, 0.6) is 0 Å². The van der Waals surface area contributed by atoms with Crippen LogP contribution in [0.2, 0.25) is 0 Å². The minimum Gasteiger partial charge on any atom is -0.462 e. The van der Waals surface area contributed by atoms with Gasteiger partial charge in [-0.25, -0.2) is 0 Å².